The number of carbonyl (C=O) groups excluding carboxylic acids is 5. The number of nitrogens with zero attached hydrogens (tertiary/aromatic N) is 4. The molecular weight excluding hydrogens is 974 g/mol. The Hall–Kier alpha value is -4.63. The first-order chi connectivity index (χ1) is 33.8. The summed E-state index contributed by atoms with van der Waals surface area (Å²) in [5, 5.41) is 17.0. The number of nitrogen functional groups attached to an aromatic ring is 1. The molecule has 5 heterocycles. The number of nitrogens with one attached hydrogen (secondary N) is 6. The molecule has 3 saturated heterocycles. The molecule has 27 heteroatoms. The number of ether oxygens (including phenoxy) is 5. The SMILES string of the molecule is C[C@H](NC(=O)CNC(=O)CCOCCOCCOCCOCCNC(=O)CCCCC1SC[C@H]2NC(=O)N[C@@H]12)C(=O)Nc1ccc(CSP(=O)(O)OC[C@@H]2CC[C@H](n3cnc4c(N)ncnc43)O2)cc1. The summed E-state index contributed by atoms with van der Waals surface area (Å²) in [6, 6.07) is 6.09. The largest absolute Gasteiger partial charge is 0.386 e. The Kier molecular flexibility index (Phi) is 22.2. The highest BCUT2D eigenvalue weighted by Gasteiger charge is 2.42. The van der Waals surface area contributed by atoms with Crippen molar-refractivity contribution in [3.63, 3.8) is 0 Å². The second-order valence-electron chi connectivity index (χ2n) is 16.6. The Balaban J connectivity index is 0.693. The van der Waals surface area contributed by atoms with Gasteiger partial charge in [-0.3, -0.25) is 28.3 Å². The lowest BCUT2D eigenvalue weighted by atomic mass is 10.0. The number of carbonyl (C=O) groups is 5. The number of hydrogen-bond donors (Lipinski definition) is 8. The molecule has 24 nitrogen and oxygen atoms in total. The highest BCUT2D eigenvalue weighted by Crippen LogP contribution is 2.57. The molecule has 0 bridgehead atoms. The van der Waals surface area contributed by atoms with Gasteiger partial charge in [0.25, 0.3) is 0 Å². The van der Waals surface area contributed by atoms with E-state index in [0.717, 1.165) is 42.0 Å². The second-order valence-corrected chi connectivity index (χ2v) is 21.8. The number of thioether (sulfide) groups is 1. The Morgan fingerprint density at radius 1 is 0.929 bits per heavy atom. The molecule has 1 aromatic carbocycles. The van der Waals surface area contributed by atoms with Crippen LogP contribution in [0.2, 0.25) is 0 Å². The molecule has 2 aromatic heterocycles. The van der Waals surface area contributed by atoms with E-state index in [2.05, 4.69) is 46.9 Å². The molecule has 3 aromatic rings. The van der Waals surface area contributed by atoms with Crippen molar-refractivity contribution in [3.05, 3.63) is 42.5 Å². The molecule has 7 atom stereocenters. The van der Waals surface area contributed by atoms with Gasteiger partial charge >= 0.3 is 12.8 Å². The van der Waals surface area contributed by atoms with Crippen molar-refractivity contribution in [2.75, 3.05) is 89.4 Å². The molecule has 0 saturated carbocycles. The third kappa shape index (κ3) is 18.2. The van der Waals surface area contributed by atoms with Gasteiger partial charge in [-0.05, 0) is 61.7 Å². The maximum absolute atomic E-state index is 12.8. The van der Waals surface area contributed by atoms with Crippen molar-refractivity contribution in [1.82, 2.24) is 46.1 Å². The van der Waals surface area contributed by atoms with Crippen LogP contribution in [0.1, 0.15) is 63.7 Å². The number of urea groups is 1. The fourth-order valence-electron chi connectivity index (χ4n) is 7.58. The van der Waals surface area contributed by atoms with Gasteiger partial charge in [0.2, 0.25) is 23.6 Å². The van der Waals surface area contributed by atoms with E-state index in [9.17, 15) is 33.4 Å². The standard InChI is InChI=1S/C43H64N11O13PS2/c1-28(42(58)51-30-8-6-29(7-9-30)24-70-68(60,61)66-23-31-10-11-37(67-31)54-27-49-39-40(44)47-26-48-41(39)54)50-36(57)22-46-35(56)12-14-62-16-18-64-20-21-65-19-17-63-15-13-45-34(55)5-3-2-4-33-38-32(25-69-33)52-43(59)53-38/h6-9,26-28,31-33,37-38H,2-5,10-25H2,1H3,(H,45,55)(H,46,56)(H,50,57)(H,51,58)(H,60,61)(H2,44,47,48)(H2,52,53,59)/t28-,31-,32+,33?,37+,38+/m0/s1. The van der Waals surface area contributed by atoms with Crippen molar-refractivity contribution in [1.29, 1.82) is 0 Å². The number of benzene rings is 1. The van der Waals surface area contributed by atoms with Crippen LogP contribution in [-0.2, 0) is 57.7 Å². The third-order valence-corrected chi connectivity index (χ3v) is 15.7. The smallest absolute Gasteiger partial charge is 0.382 e. The summed E-state index contributed by atoms with van der Waals surface area (Å²) in [6.07, 6.45) is 6.62. The summed E-state index contributed by atoms with van der Waals surface area (Å²) in [5.74, 6) is -0.0446. The van der Waals surface area contributed by atoms with E-state index >= 15 is 0 Å². The van der Waals surface area contributed by atoms with Crippen LogP contribution >= 0.6 is 29.9 Å². The molecule has 0 radical (unpaired) electrons. The Morgan fingerprint density at radius 3 is 2.40 bits per heavy atom. The van der Waals surface area contributed by atoms with E-state index in [1.54, 1.807) is 35.2 Å². The van der Waals surface area contributed by atoms with Gasteiger partial charge in [-0.1, -0.05) is 18.6 Å². The lowest BCUT2D eigenvalue weighted by Crippen LogP contribution is -2.46. The first-order valence-electron chi connectivity index (χ1n) is 23.3. The molecule has 70 heavy (non-hydrogen) atoms. The van der Waals surface area contributed by atoms with Crippen molar-refractivity contribution >= 4 is 82.3 Å². The zero-order valence-electron chi connectivity index (χ0n) is 39.0. The van der Waals surface area contributed by atoms with Gasteiger partial charge in [-0.15, -0.1) is 0 Å². The van der Waals surface area contributed by atoms with Gasteiger partial charge in [0, 0.05) is 41.8 Å². The average Bonchev–Trinajstić information content (AvgIpc) is 4.15. The quantitative estimate of drug-likeness (QED) is 0.0252. The van der Waals surface area contributed by atoms with Gasteiger partial charge in [0.1, 0.15) is 24.1 Å². The van der Waals surface area contributed by atoms with Crippen LogP contribution < -0.4 is 37.6 Å². The van der Waals surface area contributed by atoms with Gasteiger partial charge in [0.05, 0.1) is 90.5 Å². The molecule has 6 rings (SSSR count). The maximum atomic E-state index is 12.8. The van der Waals surface area contributed by atoms with E-state index in [-0.39, 0.29) is 74.6 Å². The number of fused-ring (bicyclic) bond motifs is 2. The van der Waals surface area contributed by atoms with Crippen molar-refractivity contribution < 1.29 is 61.6 Å². The molecule has 0 aliphatic carbocycles. The molecule has 3 aliphatic heterocycles. The van der Waals surface area contributed by atoms with Crippen LogP contribution in [0.4, 0.5) is 16.3 Å². The maximum Gasteiger partial charge on any atom is 0.386 e. The molecule has 9 N–H and O–H groups in total. The van der Waals surface area contributed by atoms with Gasteiger partial charge in [0.15, 0.2) is 11.5 Å². The molecule has 3 fully saturated rings. The van der Waals surface area contributed by atoms with Gasteiger partial charge in [-0.25, -0.2) is 24.3 Å². The predicted octanol–water partition coefficient (Wildman–Crippen LogP) is 1.99. The van der Waals surface area contributed by atoms with Crippen LogP contribution in [0, 0.1) is 0 Å². The minimum Gasteiger partial charge on any atom is -0.382 e. The zero-order valence-corrected chi connectivity index (χ0v) is 41.6. The number of imidazole rings is 1. The van der Waals surface area contributed by atoms with Gasteiger partial charge in [-0.2, -0.15) is 11.8 Å². The highest BCUT2D eigenvalue weighted by atomic mass is 32.7. The first-order valence-corrected chi connectivity index (χ1v) is 27.5. The van der Waals surface area contributed by atoms with Crippen LogP contribution in [-0.4, -0.2) is 162 Å². The van der Waals surface area contributed by atoms with Gasteiger partial charge < -0.3 is 66.2 Å². The Bertz CT molecular complexity index is 2230. The van der Waals surface area contributed by atoms with E-state index in [1.807, 2.05) is 11.8 Å². The zero-order chi connectivity index (χ0) is 49.7. The summed E-state index contributed by atoms with van der Waals surface area (Å²) in [6.45, 7) is 0.142. The molecule has 0 spiro atoms. The summed E-state index contributed by atoms with van der Waals surface area (Å²) >= 11 is 2.64. The topological polar surface area (TPSA) is 320 Å². The summed E-state index contributed by atoms with van der Waals surface area (Å²) in [7, 11) is 0. The van der Waals surface area contributed by atoms with Crippen LogP contribution in [0.3, 0.4) is 0 Å². The van der Waals surface area contributed by atoms with E-state index in [0.29, 0.717) is 87.5 Å². The number of aromatic nitrogens is 4. The molecule has 386 valence electrons. The normalized spacial score (nSPS) is 20.8. The molecule has 2 unspecified atom stereocenters. The lowest BCUT2D eigenvalue weighted by molar-refractivity contribution is -0.128. The summed E-state index contributed by atoms with van der Waals surface area (Å²) in [4.78, 5) is 83.8. The number of hydrogen-bond acceptors (Lipinski definition) is 18. The predicted molar refractivity (Wildman–Crippen MR) is 260 cm³/mol. The van der Waals surface area contributed by atoms with Crippen LogP contribution in [0.5, 0.6) is 0 Å². The molecule has 6 amide bonds. The lowest BCUT2D eigenvalue weighted by Gasteiger charge is -2.17. The van der Waals surface area contributed by atoms with E-state index in [1.165, 1.54) is 13.3 Å². The van der Waals surface area contributed by atoms with E-state index in [4.69, 9.17) is 33.9 Å². The fourth-order valence-corrected chi connectivity index (χ4v) is 11.4. The number of unbranched alkanes of at least 4 members (excludes halogenated alkanes) is 1. The molecular formula is C43H64N11O13PS2. The fraction of sp³-hybridized carbons (Fsp3) is 0.628. The Labute approximate surface area is 413 Å². The number of anilines is 2. The Morgan fingerprint density at radius 2 is 1.64 bits per heavy atom. The average molecular weight is 1040 g/mol. The minimum absolute atomic E-state index is 0.00327. The van der Waals surface area contributed by atoms with Crippen molar-refractivity contribution in [3.8, 4) is 0 Å². The number of amides is 6. The van der Waals surface area contributed by atoms with Crippen LogP contribution in [0.25, 0.3) is 11.2 Å². The first kappa shape index (κ1) is 54.7. The number of rotatable bonds is 32. The van der Waals surface area contributed by atoms with E-state index < -0.39 is 36.7 Å². The number of nitrogens with two attached hydrogens (primary N) is 1. The summed E-state index contributed by atoms with van der Waals surface area (Å²) < 4.78 is 47.8. The second kappa shape index (κ2) is 28.4. The summed E-state index contributed by atoms with van der Waals surface area (Å²) in [5.41, 5.74) is 8.07. The highest BCUT2D eigenvalue weighted by molar-refractivity contribution is 8.54. The third-order valence-electron chi connectivity index (χ3n) is 11.3. The van der Waals surface area contributed by atoms with Crippen molar-refractivity contribution in [2.24, 2.45) is 0 Å². The van der Waals surface area contributed by atoms with Crippen molar-refractivity contribution in [2.45, 2.75) is 93.3 Å². The monoisotopic (exact) mass is 1040 g/mol. The molecule has 3 aliphatic rings. The van der Waals surface area contributed by atoms with Crippen LogP contribution in [0.15, 0.2) is 36.9 Å². The minimum atomic E-state index is -4.02.